The molecule has 0 saturated carbocycles. The van der Waals surface area contributed by atoms with Crippen molar-refractivity contribution in [3.8, 4) is 11.5 Å². The molecule has 2 aromatic rings. The van der Waals surface area contributed by atoms with E-state index in [1.54, 1.807) is 25.1 Å². The zero-order valence-electron chi connectivity index (χ0n) is 12.6. The van der Waals surface area contributed by atoms with Crippen LogP contribution in [-0.4, -0.2) is 17.7 Å². The fourth-order valence-electron chi connectivity index (χ4n) is 1.74. The molecule has 24 heavy (non-hydrogen) atoms. The van der Waals surface area contributed by atoms with Gasteiger partial charge in [-0.1, -0.05) is 6.07 Å². The maximum Gasteiger partial charge on any atom is 0.433 e. The molecule has 0 fully saturated rings. The highest BCUT2D eigenvalue weighted by molar-refractivity contribution is 5.86. The lowest BCUT2D eigenvalue weighted by atomic mass is 10.3. The van der Waals surface area contributed by atoms with Crippen LogP contribution in [0.4, 0.5) is 23.7 Å². The van der Waals surface area contributed by atoms with Crippen molar-refractivity contribution in [2.45, 2.75) is 13.1 Å². The molecule has 0 bridgehead atoms. The molecule has 1 aromatic carbocycles. The number of pyridine rings is 1. The number of hydrogen-bond acceptors (Lipinski definition) is 5. The molecule has 0 aliphatic rings. The minimum absolute atomic E-state index is 0.111. The topological polar surface area (TPSA) is 77.7 Å². The average Bonchev–Trinajstić information content (AvgIpc) is 2.54. The van der Waals surface area contributed by atoms with Crippen molar-refractivity contribution in [3.63, 3.8) is 0 Å². The molecule has 0 radical (unpaired) electrons. The number of amides is 1. The summed E-state index contributed by atoms with van der Waals surface area (Å²) in [6, 6.07) is 8.08. The van der Waals surface area contributed by atoms with Gasteiger partial charge >= 0.3 is 12.3 Å². The first-order valence-corrected chi connectivity index (χ1v) is 6.84. The molecule has 0 aliphatic carbocycles. The lowest BCUT2D eigenvalue weighted by molar-refractivity contribution is -0.141. The van der Waals surface area contributed by atoms with E-state index < -0.39 is 18.0 Å². The van der Waals surface area contributed by atoms with Crippen molar-refractivity contribution in [2.75, 3.05) is 11.6 Å². The second kappa shape index (κ2) is 7.18. The van der Waals surface area contributed by atoms with Crippen molar-refractivity contribution in [1.82, 2.24) is 4.98 Å². The SMILES string of the molecule is CCOC(=O)N(N)c1cccc(Oc2ccc(C(F)(F)F)nc2)c1. The summed E-state index contributed by atoms with van der Waals surface area (Å²) in [5.74, 6) is 6.00. The first-order valence-electron chi connectivity index (χ1n) is 6.84. The van der Waals surface area contributed by atoms with Crippen molar-refractivity contribution < 1.29 is 27.4 Å². The maximum absolute atomic E-state index is 12.5. The Kier molecular flexibility index (Phi) is 5.24. The molecule has 0 aliphatic heterocycles. The second-order valence-electron chi connectivity index (χ2n) is 4.55. The van der Waals surface area contributed by atoms with Gasteiger partial charge in [-0.15, -0.1) is 0 Å². The number of hydrazine groups is 1. The van der Waals surface area contributed by atoms with Gasteiger partial charge in [0.05, 0.1) is 18.5 Å². The molecule has 1 amide bonds. The Labute approximate surface area is 135 Å². The third-order valence-electron chi connectivity index (χ3n) is 2.82. The summed E-state index contributed by atoms with van der Waals surface area (Å²) < 4.78 is 47.6. The number of halogens is 3. The van der Waals surface area contributed by atoms with E-state index in [1.807, 2.05) is 0 Å². The summed E-state index contributed by atoms with van der Waals surface area (Å²) in [6.07, 6.45) is -4.30. The molecule has 0 spiro atoms. The van der Waals surface area contributed by atoms with Crippen LogP contribution in [0.3, 0.4) is 0 Å². The summed E-state index contributed by atoms with van der Waals surface area (Å²) in [6.45, 7) is 1.81. The molecule has 2 rings (SSSR count). The molecule has 9 heteroatoms. The molecular formula is C15H14F3N3O3. The van der Waals surface area contributed by atoms with Crippen LogP contribution in [0.5, 0.6) is 11.5 Å². The van der Waals surface area contributed by atoms with Gasteiger partial charge in [0.2, 0.25) is 0 Å². The van der Waals surface area contributed by atoms with Gasteiger partial charge in [0, 0.05) is 6.07 Å². The van der Waals surface area contributed by atoms with Crippen molar-refractivity contribution in [2.24, 2.45) is 5.84 Å². The van der Waals surface area contributed by atoms with Crippen LogP contribution in [0.1, 0.15) is 12.6 Å². The van der Waals surface area contributed by atoms with Gasteiger partial charge < -0.3 is 9.47 Å². The predicted molar refractivity (Wildman–Crippen MR) is 79.4 cm³/mol. The number of anilines is 1. The van der Waals surface area contributed by atoms with E-state index in [0.717, 1.165) is 23.3 Å². The van der Waals surface area contributed by atoms with Crippen LogP contribution in [0.15, 0.2) is 42.6 Å². The van der Waals surface area contributed by atoms with Crippen molar-refractivity contribution in [3.05, 3.63) is 48.3 Å². The van der Waals surface area contributed by atoms with Gasteiger partial charge in [-0.05, 0) is 31.2 Å². The summed E-state index contributed by atoms with van der Waals surface area (Å²) >= 11 is 0. The van der Waals surface area contributed by atoms with E-state index in [-0.39, 0.29) is 18.1 Å². The van der Waals surface area contributed by atoms with E-state index in [9.17, 15) is 18.0 Å². The average molecular weight is 341 g/mol. The number of nitrogens with zero attached hydrogens (tertiary/aromatic N) is 2. The Morgan fingerprint density at radius 2 is 2.00 bits per heavy atom. The van der Waals surface area contributed by atoms with E-state index in [0.29, 0.717) is 5.69 Å². The molecule has 1 aromatic heterocycles. The molecular weight excluding hydrogens is 327 g/mol. The Bertz CT molecular complexity index is 705. The van der Waals surface area contributed by atoms with Gasteiger partial charge in [-0.3, -0.25) is 0 Å². The normalized spacial score (nSPS) is 11.0. The zero-order valence-corrected chi connectivity index (χ0v) is 12.6. The molecule has 0 atom stereocenters. The first kappa shape index (κ1) is 17.5. The Hall–Kier alpha value is -2.81. The van der Waals surface area contributed by atoms with E-state index in [1.165, 1.54) is 6.07 Å². The highest BCUT2D eigenvalue weighted by Crippen LogP contribution is 2.30. The molecule has 6 nitrogen and oxygen atoms in total. The number of carbonyl (C=O) groups excluding carboxylic acids is 1. The number of rotatable bonds is 4. The third-order valence-corrected chi connectivity index (χ3v) is 2.82. The van der Waals surface area contributed by atoms with Crippen LogP contribution in [0, 0.1) is 0 Å². The number of nitrogens with two attached hydrogens (primary N) is 1. The van der Waals surface area contributed by atoms with Gasteiger partial charge in [0.1, 0.15) is 17.2 Å². The molecule has 0 saturated heterocycles. The molecule has 1 heterocycles. The highest BCUT2D eigenvalue weighted by atomic mass is 19.4. The smallest absolute Gasteiger partial charge is 0.433 e. The predicted octanol–water partition coefficient (Wildman–Crippen LogP) is 3.73. The van der Waals surface area contributed by atoms with Crippen LogP contribution >= 0.6 is 0 Å². The van der Waals surface area contributed by atoms with Gasteiger partial charge in [-0.25, -0.2) is 20.6 Å². The van der Waals surface area contributed by atoms with Crippen molar-refractivity contribution in [1.29, 1.82) is 0 Å². The van der Waals surface area contributed by atoms with Gasteiger partial charge in [-0.2, -0.15) is 13.2 Å². The maximum atomic E-state index is 12.5. The molecule has 0 unspecified atom stereocenters. The number of hydrogen-bond donors (Lipinski definition) is 1. The third kappa shape index (κ3) is 4.35. The van der Waals surface area contributed by atoms with Crippen molar-refractivity contribution >= 4 is 11.8 Å². The fourth-order valence-corrected chi connectivity index (χ4v) is 1.74. The fraction of sp³-hybridized carbons (Fsp3) is 0.200. The van der Waals surface area contributed by atoms with E-state index in [2.05, 4.69) is 4.98 Å². The van der Waals surface area contributed by atoms with Gasteiger partial charge in [0.25, 0.3) is 0 Å². The van der Waals surface area contributed by atoms with Crippen LogP contribution < -0.4 is 15.6 Å². The zero-order chi connectivity index (χ0) is 17.7. The standard InChI is InChI=1S/C15H14F3N3O3/c1-2-23-14(22)21(19)10-4-3-5-11(8-10)24-12-6-7-13(20-9-12)15(16,17)18/h3-9H,2,19H2,1H3. The Balaban J connectivity index is 2.13. The summed E-state index contributed by atoms with van der Waals surface area (Å²) in [4.78, 5) is 14.9. The van der Waals surface area contributed by atoms with Crippen LogP contribution in [0.2, 0.25) is 0 Å². The number of aromatic nitrogens is 1. The van der Waals surface area contributed by atoms with E-state index >= 15 is 0 Å². The summed E-state index contributed by atoms with van der Waals surface area (Å²) in [5, 5.41) is 0.793. The summed E-state index contributed by atoms with van der Waals surface area (Å²) in [7, 11) is 0. The minimum atomic E-state index is -4.52. The second-order valence-corrected chi connectivity index (χ2v) is 4.55. The largest absolute Gasteiger partial charge is 0.456 e. The van der Waals surface area contributed by atoms with E-state index in [4.69, 9.17) is 15.3 Å². The number of benzene rings is 1. The summed E-state index contributed by atoms with van der Waals surface area (Å²) in [5.41, 5.74) is -0.718. The van der Waals surface area contributed by atoms with Crippen LogP contribution in [-0.2, 0) is 10.9 Å². The quantitative estimate of drug-likeness (QED) is 0.521. The molecule has 2 N–H and O–H groups in total. The number of carbonyl (C=O) groups is 1. The van der Waals surface area contributed by atoms with Gasteiger partial charge in [0.15, 0.2) is 0 Å². The molecule has 128 valence electrons. The lowest BCUT2D eigenvalue weighted by Gasteiger charge is -2.16. The first-order chi connectivity index (χ1) is 11.3. The monoisotopic (exact) mass is 341 g/mol. The highest BCUT2D eigenvalue weighted by Gasteiger charge is 2.32. The Morgan fingerprint density at radius 3 is 2.58 bits per heavy atom. The minimum Gasteiger partial charge on any atom is -0.456 e. The number of alkyl halides is 3. The van der Waals surface area contributed by atoms with Crippen LogP contribution in [0.25, 0.3) is 0 Å². The lowest BCUT2D eigenvalue weighted by Crippen LogP contribution is -2.37. The Morgan fingerprint density at radius 1 is 1.25 bits per heavy atom. The number of ether oxygens (including phenoxy) is 2.